The fourth-order valence-corrected chi connectivity index (χ4v) is 8.90. The number of H-pyrrole nitrogens is 2. The molecule has 4 aromatic carbocycles. The Kier molecular flexibility index (Phi) is 8.81. The Hall–Kier alpha value is -5.10. The number of aromatic amines is 2. The molecule has 9 heteroatoms. The number of nitrogens with one attached hydrogen (secondary N) is 2. The molecule has 0 amide bonds. The van der Waals surface area contributed by atoms with E-state index in [0.717, 1.165) is 55.1 Å². The summed E-state index contributed by atoms with van der Waals surface area (Å²) in [5.41, 5.74) is 10.9. The molecule has 0 aliphatic carbocycles. The molecule has 5 heterocycles. The molecule has 0 saturated heterocycles. The first-order valence-electron chi connectivity index (χ1n) is 19.7. The Morgan fingerprint density at radius 2 is 0.596 bits per heavy atom. The number of benzene rings is 4. The molecule has 0 saturated carbocycles. The van der Waals surface area contributed by atoms with Crippen molar-refractivity contribution in [2.24, 2.45) is 0 Å². The smallest absolute Gasteiger partial charge is 0.164 e. The van der Waals surface area contributed by atoms with Gasteiger partial charge in [-0.2, -0.15) is 0 Å². The maximum atomic E-state index is 5.53. The fraction of sp³-hybridized carbons (Fsp3) is 0.333. The molecular formula is C48H50N8Pd. The molecule has 0 spiro atoms. The molecule has 0 fully saturated rings. The summed E-state index contributed by atoms with van der Waals surface area (Å²) >= 11 is 0. The number of rotatable bonds is 0. The van der Waals surface area contributed by atoms with Gasteiger partial charge in [0.1, 0.15) is 22.6 Å². The molecule has 0 unspecified atom stereocenters. The van der Waals surface area contributed by atoms with Gasteiger partial charge in [-0.3, -0.25) is 0 Å². The molecule has 7 aromatic rings. The molecule has 9 rings (SSSR count). The van der Waals surface area contributed by atoms with Gasteiger partial charge >= 0.3 is 0 Å². The summed E-state index contributed by atoms with van der Waals surface area (Å²) in [4.78, 5) is 39.2. The van der Waals surface area contributed by atoms with Gasteiger partial charge in [0.25, 0.3) is 0 Å². The predicted octanol–water partition coefficient (Wildman–Crippen LogP) is 12.1. The molecule has 57 heavy (non-hydrogen) atoms. The maximum Gasteiger partial charge on any atom is 0.164 e. The SMILES string of the molecule is CC(C)(C)c1c(C(C)(C)C)c(C(C)(C)C)c2c3nc4nc(nc5[nH]c(nc6nc(nc([nH]3)c2c1C(C)(C)C)-c1ccccc1-6)c1ccccc51)-c1ccccc1-4.[Pd]. The van der Waals surface area contributed by atoms with Crippen LogP contribution in [0.1, 0.15) is 105 Å². The Labute approximate surface area is 348 Å². The average Bonchev–Trinajstić information content (AvgIpc) is 3.84. The standard InChI is InChI=1S/C48H50N8.Pd/c1-45(2,3)33-31-32(34(46(4,5)6)36(48(10,11)12)35(33)47(7,8)9)44-55-42-30-24-18-16-22-28(30)40(53-42)51-38-26-20-14-13-19-25(26)37(49-38)50-39-27-21-15-17-23-29(27)41(52-39)54-43(31)56-44;/h13-24H,1-12H3,(H2,49,50,51,52,53,54,55,56);. The van der Waals surface area contributed by atoms with E-state index in [1.807, 2.05) is 36.4 Å². The average molecular weight is 845 g/mol. The van der Waals surface area contributed by atoms with E-state index < -0.39 is 0 Å². The first kappa shape index (κ1) is 38.8. The van der Waals surface area contributed by atoms with Gasteiger partial charge in [-0.1, -0.05) is 156 Å². The third kappa shape index (κ3) is 6.22. The number of hydrogen-bond donors (Lipinski definition) is 2. The minimum absolute atomic E-state index is 0. The molecule has 0 atom stereocenters. The van der Waals surface area contributed by atoms with Crippen LogP contribution in [0.25, 0.3) is 89.7 Å². The number of hydrogen-bond acceptors (Lipinski definition) is 6. The first-order chi connectivity index (χ1) is 26.3. The van der Waals surface area contributed by atoms with E-state index in [1.165, 1.54) is 22.3 Å². The molecule has 3 aromatic heterocycles. The number of fused-ring (bicyclic) bond motifs is 20. The van der Waals surface area contributed by atoms with Crippen LogP contribution in [0.3, 0.4) is 0 Å². The topological polar surface area (TPSA) is 109 Å². The van der Waals surface area contributed by atoms with Crippen molar-refractivity contribution in [1.29, 1.82) is 0 Å². The van der Waals surface area contributed by atoms with Gasteiger partial charge in [0.15, 0.2) is 23.3 Å². The zero-order valence-corrected chi connectivity index (χ0v) is 36.5. The van der Waals surface area contributed by atoms with E-state index in [9.17, 15) is 0 Å². The molecule has 2 aliphatic heterocycles. The van der Waals surface area contributed by atoms with Crippen molar-refractivity contribution in [1.82, 2.24) is 39.9 Å². The summed E-state index contributed by atoms with van der Waals surface area (Å²) in [7, 11) is 0. The van der Waals surface area contributed by atoms with Crippen LogP contribution in [0.15, 0.2) is 72.8 Å². The second-order valence-corrected chi connectivity index (χ2v) is 19.5. The van der Waals surface area contributed by atoms with Gasteiger partial charge < -0.3 is 9.97 Å². The van der Waals surface area contributed by atoms with Crippen LogP contribution >= 0.6 is 0 Å². The minimum atomic E-state index is -0.259. The van der Waals surface area contributed by atoms with E-state index in [1.54, 1.807) is 0 Å². The second-order valence-electron chi connectivity index (χ2n) is 19.5. The minimum Gasteiger partial charge on any atom is -0.324 e. The van der Waals surface area contributed by atoms with E-state index in [-0.39, 0.29) is 42.1 Å². The van der Waals surface area contributed by atoms with Crippen LogP contribution in [-0.2, 0) is 42.1 Å². The van der Waals surface area contributed by atoms with Crippen molar-refractivity contribution in [2.45, 2.75) is 105 Å². The van der Waals surface area contributed by atoms with E-state index in [4.69, 9.17) is 29.9 Å². The van der Waals surface area contributed by atoms with Gasteiger partial charge in [0.05, 0.1) is 0 Å². The molecule has 8 bridgehead atoms. The van der Waals surface area contributed by atoms with Gasteiger partial charge in [-0.05, 0) is 43.9 Å². The van der Waals surface area contributed by atoms with Crippen molar-refractivity contribution in [2.75, 3.05) is 0 Å². The van der Waals surface area contributed by atoms with Crippen molar-refractivity contribution in [3.05, 3.63) is 95.1 Å². The van der Waals surface area contributed by atoms with E-state index in [2.05, 4.69) is 129 Å². The van der Waals surface area contributed by atoms with Gasteiger partial charge in [0, 0.05) is 64.2 Å². The molecular weight excluding hydrogens is 795 g/mol. The third-order valence-electron chi connectivity index (χ3n) is 11.0. The van der Waals surface area contributed by atoms with E-state index in [0.29, 0.717) is 34.6 Å². The van der Waals surface area contributed by atoms with Crippen molar-refractivity contribution in [3.63, 3.8) is 0 Å². The van der Waals surface area contributed by atoms with Gasteiger partial charge in [0.2, 0.25) is 0 Å². The Morgan fingerprint density at radius 3 is 0.895 bits per heavy atom. The van der Waals surface area contributed by atoms with Crippen LogP contribution in [-0.4, -0.2) is 39.9 Å². The Morgan fingerprint density at radius 1 is 0.333 bits per heavy atom. The summed E-state index contributed by atoms with van der Waals surface area (Å²) < 4.78 is 0. The van der Waals surface area contributed by atoms with Crippen molar-refractivity contribution < 1.29 is 20.4 Å². The number of aromatic nitrogens is 8. The Balaban J connectivity index is 0.00000455. The van der Waals surface area contributed by atoms with Gasteiger partial charge in [-0.25, -0.2) is 29.9 Å². The summed E-state index contributed by atoms with van der Waals surface area (Å²) in [5.74, 6) is 2.41. The van der Waals surface area contributed by atoms with Crippen LogP contribution in [0, 0.1) is 0 Å². The monoisotopic (exact) mass is 844 g/mol. The molecule has 0 radical (unpaired) electrons. The van der Waals surface area contributed by atoms with E-state index >= 15 is 0 Å². The van der Waals surface area contributed by atoms with Crippen molar-refractivity contribution in [3.8, 4) is 45.6 Å². The first-order valence-corrected chi connectivity index (χ1v) is 19.7. The fourth-order valence-electron chi connectivity index (χ4n) is 8.90. The number of nitrogens with zero attached hydrogens (tertiary/aromatic N) is 6. The molecule has 292 valence electrons. The molecule has 8 nitrogen and oxygen atoms in total. The van der Waals surface area contributed by atoms with Crippen LogP contribution in [0.4, 0.5) is 0 Å². The molecule has 2 N–H and O–H groups in total. The van der Waals surface area contributed by atoms with Crippen molar-refractivity contribution >= 4 is 44.1 Å². The summed E-state index contributed by atoms with van der Waals surface area (Å²) in [6, 6.07) is 24.6. The molecule has 2 aliphatic rings. The Bertz CT molecular complexity index is 2760. The van der Waals surface area contributed by atoms with Crippen LogP contribution in [0.5, 0.6) is 0 Å². The third-order valence-corrected chi connectivity index (χ3v) is 11.0. The summed E-state index contributed by atoms with van der Waals surface area (Å²) in [6.07, 6.45) is 0. The predicted molar refractivity (Wildman–Crippen MR) is 231 cm³/mol. The normalized spacial score (nSPS) is 13.1. The van der Waals surface area contributed by atoms with Crippen LogP contribution in [0.2, 0.25) is 0 Å². The second kappa shape index (κ2) is 13.0. The maximum absolute atomic E-state index is 5.53. The summed E-state index contributed by atoms with van der Waals surface area (Å²) in [5, 5.41) is 4.06. The largest absolute Gasteiger partial charge is 0.324 e. The zero-order valence-electron chi connectivity index (χ0n) is 34.9. The summed E-state index contributed by atoms with van der Waals surface area (Å²) in [6.45, 7) is 28.0. The van der Waals surface area contributed by atoms with Gasteiger partial charge in [-0.15, -0.1) is 0 Å². The van der Waals surface area contributed by atoms with Crippen LogP contribution < -0.4 is 0 Å². The quantitative estimate of drug-likeness (QED) is 0.147. The zero-order chi connectivity index (χ0) is 39.7.